The maximum atomic E-state index is 13.1. The highest BCUT2D eigenvalue weighted by molar-refractivity contribution is 6.16. The van der Waals surface area contributed by atoms with Crippen LogP contribution in [0.5, 0.6) is 0 Å². The van der Waals surface area contributed by atoms with Crippen molar-refractivity contribution in [1.29, 1.82) is 0 Å². The van der Waals surface area contributed by atoms with E-state index in [9.17, 15) is 9.59 Å². The Labute approximate surface area is 188 Å². The summed E-state index contributed by atoms with van der Waals surface area (Å²) in [4.78, 5) is 27.0. The van der Waals surface area contributed by atoms with E-state index in [0.717, 1.165) is 21.5 Å². The zero-order chi connectivity index (χ0) is 23.1. The zero-order valence-electron chi connectivity index (χ0n) is 19.0. The van der Waals surface area contributed by atoms with Crippen LogP contribution in [0.1, 0.15) is 44.0 Å². The molecule has 0 fully saturated rings. The molecule has 0 bridgehead atoms. The molecular weight excluding hydrogens is 406 g/mol. The number of amides is 1. The van der Waals surface area contributed by atoms with Crippen LogP contribution in [-0.2, 0) is 9.47 Å². The van der Waals surface area contributed by atoms with Crippen molar-refractivity contribution in [2.75, 3.05) is 26.3 Å². The van der Waals surface area contributed by atoms with Crippen LogP contribution >= 0.6 is 0 Å². The topological polar surface area (TPSA) is 76.1 Å². The largest absolute Gasteiger partial charge is 0.462 e. The van der Waals surface area contributed by atoms with E-state index in [1.165, 1.54) is 0 Å². The second-order valence-electron chi connectivity index (χ2n) is 8.73. The minimum atomic E-state index is -0.601. The molecule has 0 aliphatic rings. The van der Waals surface area contributed by atoms with Crippen LogP contribution in [0, 0.1) is 0 Å². The van der Waals surface area contributed by atoms with Crippen molar-refractivity contribution in [3.05, 3.63) is 60.2 Å². The molecule has 1 N–H and O–H groups in total. The first-order chi connectivity index (χ1) is 15.3. The van der Waals surface area contributed by atoms with Crippen LogP contribution in [0.2, 0.25) is 0 Å². The van der Waals surface area contributed by atoms with Crippen LogP contribution in [0.4, 0.5) is 4.79 Å². The Morgan fingerprint density at radius 2 is 1.47 bits per heavy atom. The third-order valence-electron chi connectivity index (χ3n) is 5.02. The highest BCUT2D eigenvalue weighted by atomic mass is 16.6. The monoisotopic (exact) mass is 437 g/mol. The molecule has 3 aromatic carbocycles. The van der Waals surface area contributed by atoms with Crippen LogP contribution in [0.3, 0.4) is 0 Å². The van der Waals surface area contributed by atoms with Gasteiger partial charge in [0.1, 0.15) is 5.60 Å². The van der Waals surface area contributed by atoms with E-state index in [1.54, 1.807) is 4.90 Å². The minimum absolute atomic E-state index is 0.0115. The summed E-state index contributed by atoms with van der Waals surface area (Å²) in [6.07, 6.45) is 0.498. The number of hydrogen-bond acceptors (Lipinski definition) is 5. The first-order valence-electron chi connectivity index (χ1n) is 11.0. The third kappa shape index (κ3) is 5.98. The van der Waals surface area contributed by atoms with Gasteiger partial charge < -0.3 is 19.5 Å². The minimum Gasteiger partial charge on any atom is -0.462 e. The quantitative estimate of drug-likeness (QED) is 0.299. The molecule has 0 aliphatic heterocycles. The fourth-order valence-electron chi connectivity index (χ4n) is 3.61. The number of nitrogens with zero attached hydrogens (tertiary/aromatic N) is 1. The number of esters is 1. The lowest BCUT2D eigenvalue weighted by molar-refractivity contribution is 0.0220. The molecular formula is C26H31NO5. The Kier molecular flexibility index (Phi) is 7.70. The van der Waals surface area contributed by atoms with E-state index in [4.69, 9.17) is 14.6 Å². The summed E-state index contributed by atoms with van der Waals surface area (Å²) in [5, 5.41) is 12.8. The average molecular weight is 438 g/mol. The summed E-state index contributed by atoms with van der Waals surface area (Å²) in [6, 6.07) is 17.6. The van der Waals surface area contributed by atoms with Crippen molar-refractivity contribution in [2.24, 2.45) is 0 Å². The van der Waals surface area contributed by atoms with Gasteiger partial charge in [-0.3, -0.25) is 0 Å². The highest BCUT2D eigenvalue weighted by Gasteiger charge is 2.22. The number of fused-ring (bicyclic) bond motifs is 2. The lowest BCUT2D eigenvalue weighted by atomic mass is 9.97. The fourth-order valence-corrected chi connectivity index (χ4v) is 3.61. The molecule has 0 heterocycles. The van der Waals surface area contributed by atoms with Crippen LogP contribution in [-0.4, -0.2) is 54.0 Å². The summed E-state index contributed by atoms with van der Waals surface area (Å²) in [7, 11) is 0. The molecule has 0 saturated heterocycles. The number of aliphatic hydroxyl groups excluding tert-OH is 1. The molecule has 6 nitrogen and oxygen atoms in total. The van der Waals surface area contributed by atoms with E-state index in [1.807, 2.05) is 69.3 Å². The summed E-state index contributed by atoms with van der Waals surface area (Å²) < 4.78 is 11.1. The summed E-state index contributed by atoms with van der Waals surface area (Å²) in [5.41, 5.74) is -0.0424. The van der Waals surface area contributed by atoms with Gasteiger partial charge in [0.2, 0.25) is 0 Å². The molecule has 1 amide bonds. The van der Waals surface area contributed by atoms with Crippen molar-refractivity contribution in [3.63, 3.8) is 0 Å². The van der Waals surface area contributed by atoms with Gasteiger partial charge in [-0.15, -0.1) is 0 Å². The molecule has 0 aliphatic carbocycles. The Morgan fingerprint density at radius 3 is 2.03 bits per heavy atom. The van der Waals surface area contributed by atoms with Gasteiger partial charge in [-0.25, -0.2) is 9.59 Å². The van der Waals surface area contributed by atoms with Crippen LogP contribution in [0.15, 0.2) is 54.6 Å². The van der Waals surface area contributed by atoms with Gasteiger partial charge in [0, 0.05) is 19.7 Å². The SMILES string of the molecule is CC(C)(C)OC(=O)N(CCCO)CCCOC(=O)c1c2ccccc2cc2ccccc12. The van der Waals surface area contributed by atoms with Gasteiger partial charge in [0.25, 0.3) is 0 Å². The lowest BCUT2D eigenvalue weighted by Crippen LogP contribution is -2.38. The van der Waals surface area contributed by atoms with Crippen molar-refractivity contribution in [2.45, 2.75) is 39.2 Å². The fraction of sp³-hybridized carbons (Fsp3) is 0.385. The van der Waals surface area contributed by atoms with Gasteiger partial charge >= 0.3 is 12.1 Å². The van der Waals surface area contributed by atoms with E-state index in [2.05, 4.69) is 6.07 Å². The standard InChI is InChI=1S/C26H31NO5/c1-26(2,3)32-25(30)27(14-8-16-28)15-9-17-31-24(29)23-21-12-6-4-10-19(21)18-20-11-5-7-13-22(20)23/h4-7,10-13,18,28H,8-9,14-17H2,1-3H3. The number of ether oxygens (including phenoxy) is 2. The highest BCUT2D eigenvalue weighted by Crippen LogP contribution is 2.29. The molecule has 0 atom stereocenters. The molecule has 0 spiro atoms. The Balaban J connectivity index is 1.68. The Hall–Kier alpha value is -3.12. The lowest BCUT2D eigenvalue weighted by Gasteiger charge is -2.27. The maximum absolute atomic E-state index is 13.1. The maximum Gasteiger partial charge on any atom is 0.410 e. The molecule has 3 aromatic rings. The second kappa shape index (κ2) is 10.5. The molecule has 0 saturated carbocycles. The Bertz CT molecular complexity index is 1030. The molecule has 3 rings (SSSR count). The molecule has 32 heavy (non-hydrogen) atoms. The van der Waals surface area contributed by atoms with Gasteiger partial charge in [0.15, 0.2) is 0 Å². The first kappa shape index (κ1) is 23.5. The van der Waals surface area contributed by atoms with E-state index >= 15 is 0 Å². The van der Waals surface area contributed by atoms with Gasteiger partial charge in [-0.05, 0) is 61.2 Å². The number of carbonyl (C=O) groups excluding carboxylic acids is 2. The predicted octanol–water partition coefficient (Wildman–Crippen LogP) is 5.16. The number of rotatable bonds is 8. The summed E-state index contributed by atoms with van der Waals surface area (Å²) >= 11 is 0. The Morgan fingerprint density at radius 1 is 0.906 bits per heavy atom. The predicted molar refractivity (Wildman–Crippen MR) is 126 cm³/mol. The smallest absolute Gasteiger partial charge is 0.410 e. The van der Waals surface area contributed by atoms with Crippen molar-refractivity contribution < 1.29 is 24.2 Å². The zero-order valence-corrected chi connectivity index (χ0v) is 19.0. The van der Waals surface area contributed by atoms with Gasteiger partial charge in [-0.1, -0.05) is 48.5 Å². The van der Waals surface area contributed by atoms with Gasteiger partial charge in [-0.2, -0.15) is 0 Å². The van der Waals surface area contributed by atoms with E-state index in [-0.39, 0.29) is 19.2 Å². The molecule has 170 valence electrons. The van der Waals surface area contributed by atoms with E-state index < -0.39 is 11.7 Å². The second-order valence-corrected chi connectivity index (χ2v) is 8.73. The summed E-state index contributed by atoms with van der Waals surface area (Å²) in [6.45, 7) is 6.35. The first-order valence-corrected chi connectivity index (χ1v) is 11.0. The van der Waals surface area contributed by atoms with Crippen molar-refractivity contribution >= 4 is 33.6 Å². The van der Waals surface area contributed by atoms with Crippen LogP contribution < -0.4 is 0 Å². The van der Waals surface area contributed by atoms with Gasteiger partial charge in [0.05, 0.1) is 12.2 Å². The normalized spacial score (nSPS) is 11.5. The molecule has 0 aromatic heterocycles. The number of benzene rings is 3. The third-order valence-corrected chi connectivity index (χ3v) is 5.02. The van der Waals surface area contributed by atoms with E-state index in [0.29, 0.717) is 31.5 Å². The molecule has 0 radical (unpaired) electrons. The molecule has 0 unspecified atom stereocenters. The number of carbonyl (C=O) groups is 2. The van der Waals surface area contributed by atoms with Crippen LogP contribution in [0.25, 0.3) is 21.5 Å². The molecule has 6 heteroatoms. The average Bonchev–Trinajstić information content (AvgIpc) is 2.75. The summed E-state index contributed by atoms with van der Waals surface area (Å²) in [5.74, 6) is -0.378. The number of hydrogen-bond donors (Lipinski definition) is 1. The van der Waals surface area contributed by atoms with Crippen molar-refractivity contribution in [1.82, 2.24) is 4.90 Å². The number of aliphatic hydroxyl groups is 1. The van der Waals surface area contributed by atoms with Crippen molar-refractivity contribution in [3.8, 4) is 0 Å².